The van der Waals surface area contributed by atoms with Gasteiger partial charge in [0.05, 0.1) is 0 Å². The molecule has 1 unspecified atom stereocenters. The molecule has 0 spiro atoms. The van der Waals surface area contributed by atoms with Crippen LogP contribution in [-0.4, -0.2) is 27.6 Å². The monoisotopic (exact) mass is 448 g/mol. The fraction of sp³-hybridized carbons (Fsp3) is 0.964. The molecule has 4 aliphatic carbocycles. The van der Waals surface area contributed by atoms with Gasteiger partial charge in [-0.1, -0.05) is 33.6 Å². The van der Waals surface area contributed by atoms with Crippen molar-refractivity contribution >= 4 is 5.97 Å². The quantitative estimate of drug-likeness (QED) is 0.404. The average Bonchev–Trinajstić information content (AvgIpc) is 3.03. The van der Waals surface area contributed by atoms with E-state index in [1.54, 1.807) is 20.8 Å². The predicted molar refractivity (Wildman–Crippen MR) is 127 cm³/mol. The number of fused-ring (bicyclic) bond motifs is 5. The first-order chi connectivity index (χ1) is 14.8. The number of esters is 1. The highest BCUT2D eigenvalue weighted by molar-refractivity contribution is 5.77. The van der Waals surface area contributed by atoms with Gasteiger partial charge in [-0.25, -0.2) is 4.79 Å². The van der Waals surface area contributed by atoms with Crippen molar-refractivity contribution in [3.05, 3.63) is 0 Å². The lowest BCUT2D eigenvalue weighted by Crippen LogP contribution is -2.53. The van der Waals surface area contributed by atoms with Crippen LogP contribution in [0.3, 0.4) is 0 Å². The summed E-state index contributed by atoms with van der Waals surface area (Å²) in [6.45, 7) is 12.5. The first-order valence-electron chi connectivity index (χ1n) is 13.5. The van der Waals surface area contributed by atoms with Gasteiger partial charge in [0.2, 0.25) is 0 Å². The molecule has 0 aromatic carbocycles. The van der Waals surface area contributed by atoms with Crippen LogP contribution in [0.25, 0.3) is 0 Å². The molecule has 4 heteroatoms. The van der Waals surface area contributed by atoms with Crippen LogP contribution in [0, 0.1) is 46.3 Å². The van der Waals surface area contributed by atoms with Crippen LogP contribution in [0.4, 0.5) is 0 Å². The van der Waals surface area contributed by atoms with Crippen molar-refractivity contribution in [2.75, 3.05) is 0 Å². The number of hydrogen-bond donors (Lipinski definition) is 2. The van der Waals surface area contributed by atoms with Crippen molar-refractivity contribution in [2.45, 2.75) is 124 Å². The van der Waals surface area contributed by atoms with Crippen molar-refractivity contribution in [1.82, 2.24) is 0 Å². The zero-order chi connectivity index (χ0) is 23.5. The maximum atomic E-state index is 12.4. The zero-order valence-corrected chi connectivity index (χ0v) is 21.5. The standard InChI is InChI=1S/C28H48O4/c1-18(17-28(30,31)24(29)32-25(2,3)4)21-12-13-22-20-11-10-19-9-7-8-15-26(19,5)23(20)14-16-27(21,22)6/h18-23,30-31H,7-17H2,1-6H3/t18-,19?,20+,21-,22+,23+,26+,27-/m1/s1. The second-order valence-electron chi connectivity index (χ2n) is 13.6. The van der Waals surface area contributed by atoms with Gasteiger partial charge in [0.1, 0.15) is 5.60 Å². The Labute approximate surface area is 195 Å². The Hall–Kier alpha value is -0.610. The molecule has 184 valence electrons. The molecular formula is C28H48O4. The van der Waals surface area contributed by atoms with Crippen LogP contribution in [0.15, 0.2) is 0 Å². The molecule has 0 aliphatic heterocycles. The number of aliphatic hydroxyl groups is 2. The van der Waals surface area contributed by atoms with E-state index in [-0.39, 0.29) is 17.8 Å². The van der Waals surface area contributed by atoms with Gasteiger partial charge in [-0.05, 0) is 118 Å². The molecule has 4 aliphatic rings. The van der Waals surface area contributed by atoms with Crippen molar-refractivity contribution in [3.8, 4) is 0 Å². The van der Waals surface area contributed by atoms with Crippen molar-refractivity contribution in [1.29, 1.82) is 0 Å². The summed E-state index contributed by atoms with van der Waals surface area (Å²) in [4.78, 5) is 12.4. The lowest BCUT2D eigenvalue weighted by Gasteiger charge is -2.61. The molecule has 4 nitrogen and oxygen atoms in total. The molecule has 8 atom stereocenters. The molecule has 0 heterocycles. The molecule has 4 saturated carbocycles. The minimum absolute atomic E-state index is 0.0583. The van der Waals surface area contributed by atoms with Gasteiger partial charge in [0.25, 0.3) is 5.79 Å². The van der Waals surface area contributed by atoms with E-state index in [0.29, 0.717) is 11.3 Å². The van der Waals surface area contributed by atoms with Crippen molar-refractivity contribution in [3.63, 3.8) is 0 Å². The van der Waals surface area contributed by atoms with Gasteiger partial charge in [0, 0.05) is 6.42 Å². The number of rotatable bonds is 4. The molecular weight excluding hydrogens is 400 g/mol. The molecule has 0 amide bonds. The van der Waals surface area contributed by atoms with E-state index in [0.717, 1.165) is 30.1 Å². The molecule has 0 bridgehead atoms. The van der Waals surface area contributed by atoms with E-state index in [1.165, 1.54) is 57.8 Å². The summed E-state index contributed by atoms with van der Waals surface area (Å²) in [6, 6.07) is 0. The number of carbonyl (C=O) groups excluding carboxylic acids is 1. The van der Waals surface area contributed by atoms with Gasteiger partial charge < -0.3 is 14.9 Å². The predicted octanol–water partition coefficient (Wildman–Crippen LogP) is 6.08. The van der Waals surface area contributed by atoms with Crippen molar-refractivity contribution < 1.29 is 19.7 Å². The Bertz CT molecular complexity index is 709. The molecule has 4 fully saturated rings. The van der Waals surface area contributed by atoms with Crippen molar-refractivity contribution in [2.24, 2.45) is 46.3 Å². The third kappa shape index (κ3) is 4.17. The smallest absolute Gasteiger partial charge is 0.366 e. The molecule has 0 aromatic heterocycles. The Balaban J connectivity index is 1.47. The second kappa shape index (κ2) is 8.26. The summed E-state index contributed by atoms with van der Waals surface area (Å²) >= 11 is 0. The Morgan fingerprint density at radius 3 is 2.31 bits per heavy atom. The fourth-order valence-corrected chi connectivity index (χ4v) is 9.30. The van der Waals surface area contributed by atoms with Gasteiger partial charge in [-0.15, -0.1) is 0 Å². The van der Waals surface area contributed by atoms with Crippen LogP contribution < -0.4 is 0 Å². The Morgan fingerprint density at radius 2 is 1.62 bits per heavy atom. The lowest BCUT2D eigenvalue weighted by atomic mass is 9.44. The van der Waals surface area contributed by atoms with E-state index in [9.17, 15) is 15.0 Å². The van der Waals surface area contributed by atoms with E-state index in [4.69, 9.17) is 4.74 Å². The third-order valence-electron chi connectivity index (χ3n) is 10.7. The highest BCUT2D eigenvalue weighted by atomic mass is 16.6. The minimum atomic E-state index is -2.41. The van der Waals surface area contributed by atoms with E-state index in [2.05, 4.69) is 20.8 Å². The summed E-state index contributed by atoms with van der Waals surface area (Å²) < 4.78 is 5.29. The normalized spacial score (nSPS) is 43.1. The van der Waals surface area contributed by atoms with Gasteiger partial charge >= 0.3 is 5.97 Å². The summed E-state index contributed by atoms with van der Waals surface area (Å²) in [5.41, 5.74) is 0.0740. The van der Waals surface area contributed by atoms with E-state index < -0.39 is 17.4 Å². The van der Waals surface area contributed by atoms with Crippen LogP contribution in [0.5, 0.6) is 0 Å². The lowest BCUT2D eigenvalue weighted by molar-refractivity contribution is -0.226. The fourth-order valence-electron chi connectivity index (χ4n) is 9.30. The van der Waals surface area contributed by atoms with Gasteiger partial charge in [-0.3, -0.25) is 0 Å². The largest absolute Gasteiger partial charge is 0.456 e. The summed E-state index contributed by atoms with van der Waals surface area (Å²) in [5.74, 6) is 0.597. The summed E-state index contributed by atoms with van der Waals surface area (Å²) in [5, 5.41) is 21.2. The first-order valence-corrected chi connectivity index (χ1v) is 13.5. The van der Waals surface area contributed by atoms with Crippen LogP contribution in [-0.2, 0) is 9.53 Å². The Morgan fingerprint density at radius 1 is 0.938 bits per heavy atom. The average molecular weight is 449 g/mol. The summed E-state index contributed by atoms with van der Waals surface area (Å²) in [7, 11) is 0. The highest BCUT2D eigenvalue weighted by Gasteiger charge is 2.60. The summed E-state index contributed by atoms with van der Waals surface area (Å²) in [6.07, 6.45) is 13.6. The molecule has 32 heavy (non-hydrogen) atoms. The third-order valence-corrected chi connectivity index (χ3v) is 10.7. The van der Waals surface area contributed by atoms with E-state index >= 15 is 0 Å². The minimum Gasteiger partial charge on any atom is -0.456 e. The number of carbonyl (C=O) groups is 1. The van der Waals surface area contributed by atoms with E-state index in [1.807, 2.05) is 0 Å². The topological polar surface area (TPSA) is 66.8 Å². The first kappa shape index (κ1) is 24.5. The van der Waals surface area contributed by atoms with Crippen LogP contribution in [0.1, 0.15) is 112 Å². The van der Waals surface area contributed by atoms with Gasteiger partial charge in [-0.2, -0.15) is 0 Å². The van der Waals surface area contributed by atoms with Gasteiger partial charge in [0.15, 0.2) is 0 Å². The second-order valence-corrected chi connectivity index (χ2v) is 13.6. The number of ether oxygens (including phenoxy) is 1. The maximum Gasteiger partial charge on any atom is 0.366 e. The Kier molecular flexibility index (Phi) is 6.32. The van der Waals surface area contributed by atoms with Crippen LogP contribution >= 0.6 is 0 Å². The molecule has 4 rings (SSSR count). The SMILES string of the molecule is C[C@H](CC(O)(O)C(=O)OC(C)(C)C)[C@H]1CC[C@H]2[C@@H]3CCC4CCCC[C@]4(C)[C@H]3CC[C@]12C. The number of hydrogen-bond acceptors (Lipinski definition) is 4. The molecule has 0 radical (unpaired) electrons. The zero-order valence-electron chi connectivity index (χ0n) is 21.5. The molecule has 0 saturated heterocycles. The van der Waals surface area contributed by atoms with Crippen LogP contribution in [0.2, 0.25) is 0 Å². The molecule has 0 aromatic rings. The maximum absolute atomic E-state index is 12.4. The highest BCUT2D eigenvalue weighted by Crippen LogP contribution is 2.68. The molecule has 2 N–H and O–H groups in total.